The zero-order valence-electron chi connectivity index (χ0n) is 15.4. The number of anilines is 1. The van der Waals surface area contributed by atoms with Crippen molar-refractivity contribution >= 4 is 17.5 Å². The highest BCUT2D eigenvalue weighted by atomic mass is 19.1. The average Bonchev–Trinajstić information content (AvgIpc) is 2.67. The van der Waals surface area contributed by atoms with Crippen LogP contribution >= 0.6 is 0 Å². The average molecular weight is 383 g/mol. The zero-order chi connectivity index (χ0) is 19.5. The number of piperidine rings is 1. The van der Waals surface area contributed by atoms with Gasteiger partial charge in [-0.05, 0) is 50.2 Å². The number of benzene rings is 1. The number of Topliss-reactive ketones (excluding diaryl/α,β-unsaturated/α-hetero) is 1. The first kappa shape index (κ1) is 18.7. The minimum atomic E-state index is -0.601. The normalized spacial score (nSPS) is 18.5. The Morgan fingerprint density at radius 3 is 2.50 bits per heavy atom. The van der Waals surface area contributed by atoms with Crippen molar-refractivity contribution in [1.29, 1.82) is 0 Å². The van der Waals surface area contributed by atoms with Crippen LogP contribution in [0.4, 0.5) is 10.2 Å². The molecule has 2 aliphatic rings. The molecule has 2 aliphatic heterocycles. The van der Waals surface area contributed by atoms with Crippen LogP contribution in [0.25, 0.3) is 0 Å². The van der Waals surface area contributed by atoms with Crippen molar-refractivity contribution < 1.29 is 18.7 Å². The summed E-state index contributed by atoms with van der Waals surface area (Å²) in [4.78, 5) is 31.8. The number of aromatic nitrogens is 1. The van der Waals surface area contributed by atoms with E-state index < -0.39 is 11.7 Å². The van der Waals surface area contributed by atoms with Crippen LogP contribution in [0, 0.1) is 11.7 Å². The minimum absolute atomic E-state index is 0.00787. The van der Waals surface area contributed by atoms with Crippen molar-refractivity contribution in [2.24, 2.45) is 5.92 Å². The van der Waals surface area contributed by atoms with Crippen molar-refractivity contribution in [2.45, 2.75) is 18.9 Å². The van der Waals surface area contributed by atoms with E-state index >= 15 is 0 Å². The molecule has 1 amide bonds. The Morgan fingerprint density at radius 1 is 1.07 bits per heavy atom. The van der Waals surface area contributed by atoms with E-state index in [-0.39, 0.29) is 23.1 Å². The molecule has 0 aliphatic carbocycles. The molecule has 7 heteroatoms. The molecule has 2 aromatic rings. The van der Waals surface area contributed by atoms with E-state index in [1.54, 1.807) is 24.3 Å². The molecule has 0 saturated carbocycles. The van der Waals surface area contributed by atoms with E-state index in [1.165, 1.54) is 18.2 Å². The molecular formula is C21H22FN3O3. The molecule has 1 aromatic heterocycles. The number of hydrogen-bond donors (Lipinski definition) is 1. The van der Waals surface area contributed by atoms with Gasteiger partial charge in [-0.25, -0.2) is 9.37 Å². The van der Waals surface area contributed by atoms with E-state index in [0.29, 0.717) is 11.7 Å². The Kier molecular flexibility index (Phi) is 5.45. The molecule has 1 N–H and O–H groups in total. The van der Waals surface area contributed by atoms with E-state index in [4.69, 9.17) is 4.74 Å². The number of ether oxygens (including phenoxy) is 1. The van der Waals surface area contributed by atoms with E-state index in [9.17, 15) is 14.0 Å². The predicted octanol–water partition coefficient (Wildman–Crippen LogP) is 2.77. The zero-order valence-corrected chi connectivity index (χ0v) is 15.4. The number of carbonyl (C=O) groups is 2. The van der Waals surface area contributed by atoms with Crippen molar-refractivity contribution in [1.82, 2.24) is 9.88 Å². The largest absolute Gasteiger partial charge is 0.378 e. The Balaban J connectivity index is 1.40. The van der Waals surface area contributed by atoms with Crippen LogP contribution in [0.3, 0.4) is 0 Å². The fraction of sp³-hybridized carbons (Fsp3) is 0.381. The van der Waals surface area contributed by atoms with Crippen LogP contribution in [-0.4, -0.2) is 53.9 Å². The second-order valence-electron chi connectivity index (χ2n) is 7.21. The van der Waals surface area contributed by atoms with Gasteiger partial charge in [0.05, 0.1) is 24.8 Å². The number of rotatable bonds is 5. The maximum atomic E-state index is 13.8. The fourth-order valence-electron chi connectivity index (χ4n) is 3.64. The summed E-state index contributed by atoms with van der Waals surface area (Å²) in [6.45, 7) is 3.33. The van der Waals surface area contributed by atoms with Crippen LogP contribution in [0.5, 0.6) is 0 Å². The SMILES string of the molecule is O=C(Nc1cccc(C(=O)C2CCN(C3COC3)CC2)n1)c1ccccc1F. The van der Waals surface area contributed by atoms with E-state index in [2.05, 4.69) is 15.2 Å². The summed E-state index contributed by atoms with van der Waals surface area (Å²) in [6, 6.07) is 11.2. The lowest BCUT2D eigenvalue weighted by Gasteiger charge is -2.41. The van der Waals surface area contributed by atoms with Gasteiger partial charge in [-0.15, -0.1) is 0 Å². The van der Waals surface area contributed by atoms with Gasteiger partial charge in [0.1, 0.15) is 17.3 Å². The molecule has 2 saturated heterocycles. The summed E-state index contributed by atoms with van der Waals surface area (Å²) in [7, 11) is 0. The van der Waals surface area contributed by atoms with Gasteiger partial charge in [-0.1, -0.05) is 18.2 Å². The Morgan fingerprint density at radius 2 is 1.82 bits per heavy atom. The highest BCUT2D eigenvalue weighted by Crippen LogP contribution is 2.25. The molecule has 0 radical (unpaired) electrons. The van der Waals surface area contributed by atoms with Gasteiger partial charge in [0.2, 0.25) is 0 Å². The first-order valence-corrected chi connectivity index (χ1v) is 9.51. The van der Waals surface area contributed by atoms with E-state index in [0.717, 1.165) is 39.1 Å². The summed E-state index contributed by atoms with van der Waals surface area (Å²) in [5.74, 6) is -1.03. The Labute approximate surface area is 162 Å². The lowest BCUT2D eigenvalue weighted by Crippen LogP contribution is -2.52. The molecule has 2 fully saturated rings. The standard InChI is InChI=1S/C21H22FN3O3/c22-17-5-2-1-4-16(17)21(27)24-19-7-3-6-18(23-19)20(26)14-8-10-25(11-9-14)15-12-28-13-15/h1-7,14-15H,8-13H2,(H,23,24,27). The second-order valence-corrected chi connectivity index (χ2v) is 7.21. The molecule has 146 valence electrons. The van der Waals surface area contributed by atoms with Crippen molar-refractivity contribution in [3.63, 3.8) is 0 Å². The Hall–Kier alpha value is -2.64. The highest BCUT2D eigenvalue weighted by Gasteiger charge is 2.32. The molecule has 0 spiro atoms. The van der Waals surface area contributed by atoms with Crippen molar-refractivity contribution in [2.75, 3.05) is 31.6 Å². The molecule has 0 bridgehead atoms. The number of nitrogens with zero attached hydrogens (tertiary/aromatic N) is 2. The molecular weight excluding hydrogens is 361 g/mol. The monoisotopic (exact) mass is 383 g/mol. The summed E-state index contributed by atoms with van der Waals surface area (Å²) in [6.07, 6.45) is 1.59. The highest BCUT2D eigenvalue weighted by molar-refractivity contribution is 6.04. The number of likely N-dealkylation sites (tertiary alicyclic amines) is 1. The second kappa shape index (κ2) is 8.16. The van der Waals surface area contributed by atoms with Gasteiger partial charge in [0, 0.05) is 5.92 Å². The van der Waals surface area contributed by atoms with Crippen molar-refractivity contribution in [3.8, 4) is 0 Å². The van der Waals surface area contributed by atoms with Crippen LogP contribution in [0.1, 0.15) is 33.7 Å². The maximum Gasteiger partial charge on any atom is 0.259 e. The lowest BCUT2D eigenvalue weighted by molar-refractivity contribution is -0.0725. The minimum Gasteiger partial charge on any atom is -0.378 e. The van der Waals surface area contributed by atoms with Gasteiger partial charge in [0.15, 0.2) is 5.78 Å². The summed E-state index contributed by atoms with van der Waals surface area (Å²) in [5.41, 5.74) is 0.269. The molecule has 3 heterocycles. The first-order chi connectivity index (χ1) is 13.6. The van der Waals surface area contributed by atoms with Crippen molar-refractivity contribution in [3.05, 3.63) is 59.5 Å². The molecule has 0 atom stereocenters. The van der Waals surface area contributed by atoms with Gasteiger partial charge in [0.25, 0.3) is 5.91 Å². The maximum absolute atomic E-state index is 13.8. The first-order valence-electron chi connectivity index (χ1n) is 9.51. The Bertz CT molecular complexity index is 877. The van der Waals surface area contributed by atoms with Crippen LogP contribution in [-0.2, 0) is 4.74 Å². The quantitative estimate of drug-likeness (QED) is 0.804. The summed E-state index contributed by atoms with van der Waals surface area (Å²) in [5, 5.41) is 2.57. The third-order valence-electron chi connectivity index (χ3n) is 5.40. The summed E-state index contributed by atoms with van der Waals surface area (Å²) < 4.78 is 19.0. The number of pyridine rings is 1. The van der Waals surface area contributed by atoms with Crippen LogP contribution < -0.4 is 5.32 Å². The lowest BCUT2D eigenvalue weighted by atomic mass is 9.90. The van der Waals surface area contributed by atoms with Gasteiger partial charge in [-0.3, -0.25) is 14.5 Å². The number of amides is 1. The number of hydrogen-bond acceptors (Lipinski definition) is 5. The molecule has 6 nitrogen and oxygen atoms in total. The number of nitrogens with one attached hydrogen (secondary N) is 1. The molecule has 28 heavy (non-hydrogen) atoms. The number of halogens is 1. The molecule has 0 unspecified atom stereocenters. The predicted molar refractivity (Wildman–Crippen MR) is 102 cm³/mol. The fourth-order valence-corrected chi connectivity index (χ4v) is 3.64. The third-order valence-corrected chi connectivity index (χ3v) is 5.40. The molecule has 1 aromatic carbocycles. The number of ketones is 1. The van der Waals surface area contributed by atoms with E-state index in [1.807, 2.05) is 0 Å². The summed E-state index contributed by atoms with van der Waals surface area (Å²) >= 11 is 0. The molecule has 4 rings (SSSR count). The van der Waals surface area contributed by atoms with Crippen LogP contribution in [0.2, 0.25) is 0 Å². The van der Waals surface area contributed by atoms with Gasteiger partial charge >= 0.3 is 0 Å². The third kappa shape index (κ3) is 3.95. The smallest absolute Gasteiger partial charge is 0.259 e. The van der Waals surface area contributed by atoms with Gasteiger partial charge < -0.3 is 10.1 Å². The number of carbonyl (C=O) groups excluding carboxylic acids is 2. The van der Waals surface area contributed by atoms with Gasteiger partial charge in [-0.2, -0.15) is 0 Å². The van der Waals surface area contributed by atoms with Crippen LogP contribution in [0.15, 0.2) is 42.5 Å². The topological polar surface area (TPSA) is 71.5 Å².